The van der Waals surface area contributed by atoms with Crippen molar-refractivity contribution in [1.29, 1.82) is 0 Å². The van der Waals surface area contributed by atoms with Crippen LogP contribution < -0.4 is 20.9 Å². The van der Waals surface area contributed by atoms with Crippen molar-refractivity contribution in [1.82, 2.24) is 5.32 Å². The zero-order valence-corrected chi connectivity index (χ0v) is 22.2. The first kappa shape index (κ1) is 26.6. The zero-order valence-electron chi connectivity index (χ0n) is 22.2. The van der Waals surface area contributed by atoms with E-state index in [-0.39, 0.29) is 29.8 Å². The summed E-state index contributed by atoms with van der Waals surface area (Å²) in [6, 6.07) is 11.6. The molecule has 3 rings (SSSR count). The Labute approximate surface area is 210 Å². The van der Waals surface area contributed by atoms with Crippen LogP contribution in [0.1, 0.15) is 101 Å². The fraction of sp³-hybridized carbons (Fsp3) is 0.517. The summed E-state index contributed by atoms with van der Waals surface area (Å²) in [5, 5.41) is 9.16. The van der Waals surface area contributed by atoms with Gasteiger partial charge in [0, 0.05) is 36.2 Å². The molecule has 3 N–H and O–H groups in total. The molecule has 1 aliphatic rings. The molecule has 190 valence electrons. The monoisotopic (exact) mass is 478 g/mol. The van der Waals surface area contributed by atoms with Gasteiger partial charge in [-0.2, -0.15) is 0 Å². The van der Waals surface area contributed by atoms with Gasteiger partial charge in [0.25, 0.3) is 5.91 Å². The van der Waals surface area contributed by atoms with E-state index in [0.717, 1.165) is 54.9 Å². The van der Waals surface area contributed by atoms with E-state index in [4.69, 9.17) is 0 Å². The summed E-state index contributed by atoms with van der Waals surface area (Å²) in [4.78, 5) is 28.6. The lowest BCUT2D eigenvalue weighted by atomic mass is 9.93. The van der Waals surface area contributed by atoms with E-state index in [1.807, 2.05) is 19.1 Å². The van der Waals surface area contributed by atoms with Crippen molar-refractivity contribution in [3.8, 4) is 0 Å². The Morgan fingerprint density at radius 3 is 2.09 bits per heavy atom. The number of benzene rings is 2. The van der Waals surface area contributed by atoms with Gasteiger partial charge in [-0.1, -0.05) is 52.8 Å². The summed E-state index contributed by atoms with van der Waals surface area (Å²) < 4.78 is 0. The van der Waals surface area contributed by atoms with Crippen LogP contribution in [0.5, 0.6) is 0 Å². The number of amides is 3. The lowest BCUT2D eigenvalue weighted by molar-refractivity contribution is 0.0939. The molecule has 0 aliphatic carbocycles. The first-order valence-electron chi connectivity index (χ1n) is 13.1. The van der Waals surface area contributed by atoms with Gasteiger partial charge in [0.1, 0.15) is 0 Å². The van der Waals surface area contributed by atoms with Crippen LogP contribution in [-0.2, 0) is 0 Å². The number of carbonyl (C=O) groups excluding carboxylic acids is 2. The van der Waals surface area contributed by atoms with E-state index < -0.39 is 0 Å². The predicted octanol–water partition coefficient (Wildman–Crippen LogP) is 7.10. The van der Waals surface area contributed by atoms with E-state index in [0.29, 0.717) is 11.3 Å². The normalized spacial score (nSPS) is 14.7. The van der Waals surface area contributed by atoms with Crippen LogP contribution in [0, 0.1) is 0 Å². The molecule has 0 spiro atoms. The molecule has 1 heterocycles. The minimum atomic E-state index is -0.306. The first-order chi connectivity index (χ1) is 16.7. The lowest BCUT2D eigenvalue weighted by Crippen LogP contribution is -2.35. The fourth-order valence-electron chi connectivity index (χ4n) is 4.58. The first-order valence-corrected chi connectivity index (χ1v) is 13.1. The zero-order chi connectivity index (χ0) is 25.5. The van der Waals surface area contributed by atoms with Crippen LogP contribution >= 0.6 is 0 Å². The summed E-state index contributed by atoms with van der Waals surface area (Å²) in [5.74, 6) is 0.462. The predicted molar refractivity (Wildman–Crippen MR) is 147 cm³/mol. The van der Waals surface area contributed by atoms with E-state index in [9.17, 15) is 9.59 Å². The maximum Gasteiger partial charge on any atom is 0.323 e. The molecule has 1 aliphatic heterocycles. The molecular formula is C29H42N4O2. The van der Waals surface area contributed by atoms with Crippen molar-refractivity contribution in [3.05, 3.63) is 53.1 Å². The third-order valence-electron chi connectivity index (χ3n) is 6.80. The van der Waals surface area contributed by atoms with Crippen molar-refractivity contribution >= 4 is 29.0 Å². The molecule has 1 atom stereocenters. The number of para-hydroxylation sites is 1. The van der Waals surface area contributed by atoms with Crippen LogP contribution in [0.4, 0.5) is 21.9 Å². The highest BCUT2D eigenvalue weighted by Gasteiger charge is 2.21. The van der Waals surface area contributed by atoms with Crippen molar-refractivity contribution in [3.63, 3.8) is 0 Å². The van der Waals surface area contributed by atoms with Crippen molar-refractivity contribution in [2.45, 2.75) is 85.1 Å². The molecule has 6 heteroatoms. The summed E-state index contributed by atoms with van der Waals surface area (Å²) >= 11 is 0. The summed E-state index contributed by atoms with van der Waals surface area (Å²) in [6.45, 7) is 14.5. The topological polar surface area (TPSA) is 73.5 Å². The van der Waals surface area contributed by atoms with Gasteiger partial charge in [0.2, 0.25) is 0 Å². The molecule has 3 amide bonds. The highest BCUT2D eigenvalue weighted by molar-refractivity contribution is 6.04. The third kappa shape index (κ3) is 6.77. The van der Waals surface area contributed by atoms with E-state index >= 15 is 0 Å². The van der Waals surface area contributed by atoms with E-state index in [1.165, 1.54) is 6.42 Å². The molecule has 2 aromatic rings. The lowest BCUT2D eigenvalue weighted by Gasteiger charge is -2.31. The van der Waals surface area contributed by atoms with Crippen LogP contribution in [0.2, 0.25) is 0 Å². The Balaban J connectivity index is 1.87. The highest BCUT2D eigenvalue weighted by atomic mass is 16.2. The maximum absolute atomic E-state index is 13.2. The van der Waals surface area contributed by atoms with Gasteiger partial charge < -0.3 is 20.9 Å². The Bertz CT molecular complexity index is 999. The second-order valence-electron chi connectivity index (χ2n) is 10.3. The van der Waals surface area contributed by atoms with Gasteiger partial charge in [-0.3, -0.25) is 4.79 Å². The largest absolute Gasteiger partial charge is 0.371 e. The van der Waals surface area contributed by atoms with Gasteiger partial charge in [-0.05, 0) is 73.8 Å². The number of urea groups is 1. The Hall–Kier alpha value is -3.02. The number of nitrogens with one attached hydrogen (secondary N) is 3. The van der Waals surface area contributed by atoms with Crippen molar-refractivity contribution < 1.29 is 9.59 Å². The number of hydrogen-bond donors (Lipinski definition) is 3. The molecule has 0 bridgehead atoms. The average molecular weight is 479 g/mol. The minimum absolute atomic E-state index is 0.0820. The molecule has 0 saturated carbocycles. The van der Waals surface area contributed by atoms with Crippen LogP contribution in [0.25, 0.3) is 0 Å². The standard InChI is InChI=1S/C29H42N4O2/c1-7-21(6)30-28(34)25-18-22(14-15-26(25)33-16-9-8-10-17-33)31-29(35)32-27-23(19(2)3)12-11-13-24(27)20(4)5/h11-15,18-21H,7-10,16-17H2,1-6H3,(H,30,34)(H2,31,32,35). The Morgan fingerprint density at radius 1 is 0.886 bits per heavy atom. The van der Waals surface area contributed by atoms with Crippen molar-refractivity contribution in [2.24, 2.45) is 0 Å². The second kappa shape index (κ2) is 12.1. The molecule has 0 aromatic heterocycles. The molecule has 1 unspecified atom stereocenters. The van der Waals surface area contributed by atoms with Gasteiger partial charge >= 0.3 is 6.03 Å². The van der Waals surface area contributed by atoms with Crippen LogP contribution in [0.15, 0.2) is 36.4 Å². The number of hydrogen-bond acceptors (Lipinski definition) is 3. The molecule has 35 heavy (non-hydrogen) atoms. The quantitative estimate of drug-likeness (QED) is 0.379. The molecule has 2 aromatic carbocycles. The van der Waals surface area contributed by atoms with E-state index in [1.54, 1.807) is 6.07 Å². The number of piperidine rings is 1. The van der Waals surface area contributed by atoms with Gasteiger partial charge in [-0.25, -0.2) is 4.79 Å². The number of anilines is 3. The average Bonchev–Trinajstić information content (AvgIpc) is 2.84. The van der Waals surface area contributed by atoms with Gasteiger partial charge in [0.05, 0.1) is 5.56 Å². The molecular weight excluding hydrogens is 436 g/mol. The number of rotatable bonds is 8. The maximum atomic E-state index is 13.2. The fourth-order valence-corrected chi connectivity index (χ4v) is 4.58. The summed E-state index contributed by atoms with van der Waals surface area (Å²) in [5.41, 5.74) is 5.24. The molecule has 0 radical (unpaired) electrons. The number of carbonyl (C=O) groups is 2. The summed E-state index contributed by atoms with van der Waals surface area (Å²) in [7, 11) is 0. The third-order valence-corrected chi connectivity index (χ3v) is 6.80. The van der Waals surface area contributed by atoms with Gasteiger partial charge in [-0.15, -0.1) is 0 Å². The van der Waals surface area contributed by atoms with E-state index in [2.05, 4.69) is 73.7 Å². The van der Waals surface area contributed by atoms with Crippen molar-refractivity contribution in [2.75, 3.05) is 28.6 Å². The Kier molecular flexibility index (Phi) is 9.19. The molecule has 1 fully saturated rings. The smallest absolute Gasteiger partial charge is 0.323 e. The minimum Gasteiger partial charge on any atom is -0.371 e. The van der Waals surface area contributed by atoms with Crippen LogP contribution in [-0.4, -0.2) is 31.1 Å². The molecule has 1 saturated heterocycles. The van der Waals surface area contributed by atoms with Crippen LogP contribution in [0.3, 0.4) is 0 Å². The second-order valence-corrected chi connectivity index (χ2v) is 10.3. The summed E-state index contributed by atoms with van der Waals surface area (Å²) in [6.07, 6.45) is 4.34. The molecule has 6 nitrogen and oxygen atoms in total. The van der Waals surface area contributed by atoms with Gasteiger partial charge in [0.15, 0.2) is 0 Å². The SMILES string of the molecule is CCC(C)NC(=O)c1cc(NC(=O)Nc2c(C(C)C)cccc2C(C)C)ccc1N1CCCCC1. The highest BCUT2D eigenvalue weighted by Crippen LogP contribution is 2.33. The number of nitrogens with zero attached hydrogens (tertiary/aromatic N) is 1. The Morgan fingerprint density at radius 2 is 1.51 bits per heavy atom.